The fourth-order valence-corrected chi connectivity index (χ4v) is 2.00. The Hall–Kier alpha value is -1.81. The normalized spacial score (nSPS) is 12.7. The van der Waals surface area contributed by atoms with Gasteiger partial charge in [0.2, 0.25) is 0 Å². The Balaban J connectivity index is 1.99. The Bertz CT molecular complexity index is 569. The van der Waals surface area contributed by atoms with Crippen LogP contribution in [-0.2, 0) is 6.54 Å². The lowest BCUT2D eigenvalue weighted by molar-refractivity contribution is 0.151. The van der Waals surface area contributed by atoms with E-state index < -0.39 is 6.43 Å². The van der Waals surface area contributed by atoms with Crippen molar-refractivity contribution in [1.82, 2.24) is 5.32 Å². The van der Waals surface area contributed by atoms with Gasteiger partial charge in [-0.25, -0.2) is 13.2 Å². The van der Waals surface area contributed by atoms with Crippen molar-refractivity contribution in [2.24, 2.45) is 0 Å². The van der Waals surface area contributed by atoms with Gasteiger partial charge in [0.25, 0.3) is 6.43 Å². The van der Waals surface area contributed by atoms with E-state index in [2.05, 4.69) is 5.32 Å². The molecule has 1 atom stereocenters. The summed E-state index contributed by atoms with van der Waals surface area (Å²) in [7, 11) is 0. The molecule has 0 saturated heterocycles. The van der Waals surface area contributed by atoms with Crippen molar-refractivity contribution >= 4 is 0 Å². The van der Waals surface area contributed by atoms with Crippen LogP contribution in [0.15, 0.2) is 48.5 Å². The highest BCUT2D eigenvalue weighted by atomic mass is 19.3. The zero-order valence-electron chi connectivity index (χ0n) is 11.1. The highest BCUT2D eigenvalue weighted by molar-refractivity contribution is 5.25. The molecule has 1 N–H and O–H groups in total. The van der Waals surface area contributed by atoms with Gasteiger partial charge in [-0.15, -0.1) is 0 Å². The highest BCUT2D eigenvalue weighted by Crippen LogP contribution is 2.20. The van der Waals surface area contributed by atoms with Gasteiger partial charge >= 0.3 is 0 Å². The van der Waals surface area contributed by atoms with Crippen LogP contribution in [0.4, 0.5) is 13.2 Å². The standard InChI is InChI=1S/C16H16F3N/c1-11(13-5-3-7-15(17)9-13)20-10-12-4-2-6-14(8-12)16(18)19/h2-9,11,16,20H,10H2,1H3/t11-/m0/s1. The fourth-order valence-electron chi connectivity index (χ4n) is 2.00. The van der Waals surface area contributed by atoms with Gasteiger partial charge < -0.3 is 5.32 Å². The summed E-state index contributed by atoms with van der Waals surface area (Å²) in [5.41, 5.74) is 1.63. The number of rotatable bonds is 5. The highest BCUT2D eigenvalue weighted by Gasteiger charge is 2.09. The van der Waals surface area contributed by atoms with Crippen molar-refractivity contribution in [2.45, 2.75) is 25.9 Å². The van der Waals surface area contributed by atoms with Crippen LogP contribution in [0.25, 0.3) is 0 Å². The van der Waals surface area contributed by atoms with Crippen molar-refractivity contribution in [3.8, 4) is 0 Å². The van der Waals surface area contributed by atoms with Crippen LogP contribution in [0, 0.1) is 5.82 Å². The van der Waals surface area contributed by atoms with Crippen LogP contribution in [0.5, 0.6) is 0 Å². The molecule has 2 rings (SSSR count). The Morgan fingerprint density at radius 3 is 2.40 bits per heavy atom. The zero-order valence-corrected chi connectivity index (χ0v) is 11.1. The first kappa shape index (κ1) is 14.6. The maximum atomic E-state index is 13.1. The average molecular weight is 279 g/mol. The molecule has 0 aliphatic rings. The Morgan fingerprint density at radius 1 is 1.00 bits per heavy atom. The molecule has 0 radical (unpaired) electrons. The van der Waals surface area contributed by atoms with Crippen LogP contribution in [0.1, 0.15) is 36.1 Å². The topological polar surface area (TPSA) is 12.0 Å². The van der Waals surface area contributed by atoms with Crippen molar-refractivity contribution < 1.29 is 13.2 Å². The van der Waals surface area contributed by atoms with Gasteiger partial charge in [-0.05, 0) is 36.2 Å². The third kappa shape index (κ3) is 3.84. The first-order valence-electron chi connectivity index (χ1n) is 6.42. The number of hydrogen-bond donors (Lipinski definition) is 1. The van der Waals surface area contributed by atoms with E-state index in [1.165, 1.54) is 24.3 Å². The maximum Gasteiger partial charge on any atom is 0.263 e. The molecule has 0 amide bonds. The minimum absolute atomic E-state index is 0.0164. The Morgan fingerprint density at radius 2 is 1.70 bits per heavy atom. The first-order chi connectivity index (χ1) is 9.56. The van der Waals surface area contributed by atoms with Crippen LogP contribution >= 0.6 is 0 Å². The molecule has 0 fully saturated rings. The summed E-state index contributed by atoms with van der Waals surface area (Å²) in [6.07, 6.45) is -2.46. The van der Waals surface area contributed by atoms with E-state index in [9.17, 15) is 13.2 Å². The predicted octanol–water partition coefficient (Wildman–Crippen LogP) is 4.61. The van der Waals surface area contributed by atoms with Gasteiger partial charge in [-0.2, -0.15) is 0 Å². The fraction of sp³-hybridized carbons (Fsp3) is 0.250. The monoisotopic (exact) mass is 279 g/mol. The van der Waals surface area contributed by atoms with Crippen LogP contribution in [0.3, 0.4) is 0 Å². The van der Waals surface area contributed by atoms with E-state index in [4.69, 9.17) is 0 Å². The molecule has 4 heteroatoms. The van der Waals surface area contributed by atoms with Crippen LogP contribution in [0.2, 0.25) is 0 Å². The Kier molecular flexibility index (Phi) is 4.79. The molecule has 2 aromatic carbocycles. The summed E-state index contributed by atoms with van der Waals surface area (Å²) in [6.45, 7) is 2.37. The van der Waals surface area contributed by atoms with Gasteiger partial charge in [0.15, 0.2) is 0 Å². The molecule has 1 nitrogen and oxygen atoms in total. The second kappa shape index (κ2) is 6.57. The van der Waals surface area contributed by atoms with Crippen LogP contribution < -0.4 is 5.32 Å². The first-order valence-corrected chi connectivity index (χ1v) is 6.42. The molecule has 106 valence electrons. The summed E-state index contributed by atoms with van der Waals surface area (Å²) in [5, 5.41) is 3.20. The lowest BCUT2D eigenvalue weighted by atomic mass is 10.1. The van der Waals surface area contributed by atoms with Gasteiger partial charge in [0.1, 0.15) is 5.82 Å². The summed E-state index contributed by atoms with van der Waals surface area (Å²) < 4.78 is 38.3. The molecule has 0 aromatic heterocycles. The summed E-state index contributed by atoms with van der Waals surface area (Å²) in [6, 6.07) is 12.6. The van der Waals surface area contributed by atoms with E-state index >= 15 is 0 Å². The number of halogens is 3. The quantitative estimate of drug-likeness (QED) is 0.842. The minimum Gasteiger partial charge on any atom is -0.306 e. The van der Waals surface area contributed by atoms with Crippen molar-refractivity contribution in [3.05, 3.63) is 71.0 Å². The summed E-state index contributed by atoms with van der Waals surface area (Å²) >= 11 is 0. The lowest BCUT2D eigenvalue weighted by Crippen LogP contribution is -2.18. The molecule has 0 heterocycles. The van der Waals surface area contributed by atoms with Crippen LogP contribution in [-0.4, -0.2) is 0 Å². The molecule has 0 unspecified atom stereocenters. The molecule has 0 bridgehead atoms. The minimum atomic E-state index is -2.46. The smallest absolute Gasteiger partial charge is 0.263 e. The number of alkyl halides is 2. The van der Waals surface area contributed by atoms with Gasteiger partial charge in [-0.3, -0.25) is 0 Å². The molecular weight excluding hydrogens is 263 g/mol. The lowest BCUT2D eigenvalue weighted by Gasteiger charge is -2.15. The molecule has 2 aromatic rings. The van der Waals surface area contributed by atoms with Crippen molar-refractivity contribution in [1.29, 1.82) is 0 Å². The summed E-state index contributed by atoms with van der Waals surface area (Å²) in [5.74, 6) is -0.282. The van der Waals surface area contributed by atoms with Gasteiger partial charge in [0.05, 0.1) is 0 Å². The van der Waals surface area contributed by atoms with E-state index in [1.807, 2.05) is 13.0 Å². The largest absolute Gasteiger partial charge is 0.306 e. The number of nitrogens with one attached hydrogen (secondary N) is 1. The average Bonchev–Trinajstić information content (AvgIpc) is 2.45. The van der Waals surface area contributed by atoms with E-state index in [-0.39, 0.29) is 17.4 Å². The Labute approximate surface area is 116 Å². The second-order valence-electron chi connectivity index (χ2n) is 4.70. The molecule has 0 saturated carbocycles. The molecule has 20 heavy (non-hydrogen) atoms. The van der Waals surface area contributed by atoms with Gasteiger partial charge in [0, 0.05) is 18.2 Å². The van der Waals surface area contributed by atoms with Crippen molar-refractivity contribution in [2.75, 3.05) is 0 Å². The third-order valence-electron chi connectivity index (χ3n) is 3.16. The molecular formula is C16H16F3N. The second-order valence-corrected chi connectivity index (χ2v) is 4.70. The SMILES string of the molecule is C[C@H](NCc1cccc(C(F)F)c1)c1cccc(F)c1. The molecule has 0 aliphatic carbocycles. The summed E-state index contributed by atoms with van der Waals surface area (Å²) in [4.78, 5) is 0. The maximum absolute atomic E-state index is 13.1. The zero-order chi connectivity index (χ0) is 14.5. The number of benzene rings is 2. The third-order valence-corrected chi connectivity index (χ3v) is 3.16. The van der Waals surface area contributed by atoms with Crippen molar-refractivity contribution in [3.63, 3.8) is 0 Å². The van der Waals surface area contributed by atoms with Gasteiger partial charge in [-0.1, -0.05) is 30.3 Å². The number of hydrogen-bond acceptors (Lipinski definition) is 1. The van der Waals surface area contributed by atoms with E-state index in [0.717, 1.165) is 11.1 Å². The van der Waals surface area contributed by atoms with E-state index in [0.29, 0.717) is 6.54 Å². The molecule has 0 aliphatic heterocycles. The van der Waals surface area contributed by atoms with E-state index in [1.54, 1.807) is 18.2 Å². The predicted molar refractivity (Wildman–Crippen MR) is 73.1 cm³/mol. The molecule has 0 spiro atoms.